The number of halogens is 3. The molecule has 0 aliphatic rings. The molecule has 2 aromatic heterocycles. The lowest BCUT2D eigenvalue weighted by Crippen LogP contribution is -2.23. The summed E-state index contributed by atoms with van der Waals surface area (Å²) in [5, 5.41) is 2.88. The maximum absolute atomic E-state index is 12.7. The van der Waals surface area contributed by atoms with Crippen LogP contribution in [0.2, 0.25) is 0 Å². The van der Waals surface area contributed by atoms with Crippen LogP contribution in [0.3, 0.4) is 0 Å². The normalized spacial score (nSPS) is 11.5. The van der Waals surface area contributed by atoms with E-state index in [2.05, 4.69) is 15.0 Å². The van der Waals surface area contributed by atoms with Crippen molar-refractivity contribution in [3.05, 3.63) is 82.8 Å². The number of ether oxygens (including phenoxy) is 1. The number of amides is 1. The summed E-state index contributed by atoms with van der Waals surface area (Å²) in [5.41, 5.74) is 3.73. The van der Waals surface area contributed by atoms with E-state index in [1.54, 1.807) is 30.5 Å². The first kappa shape index (κ1) is 21.6. The van der Waals surface area contributed by atoms with Crippen molar-refractivity contribution >= 4 is 5.91 Å². The average molecular weight is 417 g/mol. The average Bonchev–Trinajstić information content (AvgIpc) is 3.01. The summed E-state index contributed by atoms with van der Waals surface area (Å²) in [6.07, 6.45) is -2.64. The number of hydrogen-bond donors (Lipinski definition) is 1. The van der Waals surface area contributed by atoms with E-state index in [-0.39, 0.29) is 12.5 Å². The third-order valence-corrected chi connectivity index (χ3v) is 4.56. The van der Waals surface area contributed by atoms with Gasteiger partial charge in [-0.2, -0.15) is 13.2 Å². The van der Waals surface area contributed by atoms with Crippen molar-refractivity contribution in [1.29, 1.82) is 0 Å². The summed E-state index contributed by atoms with van der Waals surface area (Å²) in [4.78, 5) is 17.0. The molecular formula is C22H22F3N3O2. The molecule has 1 N–H and O–H groups in total. The molecule has 0 saturated heterocycles. The molecule has 2 heterocycles. The Balaban J connectivity index is 1.60. The molecule has 3 aromatic rings. The molecule has 0 saturated carbocycles. The van der Waals surface area contributed by atoms with Gasteiger partial charge in [0.25, 0.3) is 5.91 Å². The van der Waals surface area contributed by atoms with Crippen molar-refractivity contribution in [1.82, 2.24) is 14.9 Å². The Bertz CT molecular complexity index is 997. The zero-order valence-corrected chi connectivity index (χ0v) is 16.7. The van der Waals surface area contributed by atoms with Crippen LogP contribution in [0.5, 0.6) is 0 Å². The highest BCUT2D eigenvalue weighted by molar-refractivity contribution is 5.95. The molecule has 0 atom stereocenters. The van der Waals surface area contributed by atoms with Crippen molar-refractivity contribution in [2.75, 3.05) is 6.61 Å². The number of rotatable bonds is 7. The zero-order valence-electron chi connectivity index (χ0n) is 16.7. The quantitative estimate of drug-likeness (QED) is 0.616. The predicted molar refractivity (Wildman–Crippen MR) is 106 cm³/mol. The first-order chi connectivity index (χ1) is 14.2. The summed E-state index contributed by atoms with van der Waals surface area (Å²) in [6, 6.07) is 14.3. The third-order valence-electron chi connectivity index (χ3n) is 4.56. The Morgan fingerprint density at radius 3 is 2.43 bits per heavy atom. The Morgan fingerprint density at radius 2 is 1.80 bits per heavy atom. The maximum atomic E-state index is 12.7. The fourth-order valence-electron chi connectivity index (χ4n) is 3.15. The van der Waals surface area contributed by atoms with E-state index in [4.69, 9.17) is 0 Å². The van der Waals surface area contributed by atoms with Gasteiger partial charge >= 0.3 is 6.18 Å². The van der Waals surface area contributed by atoms with Crippen LogP contribution in [0.1, 0.15) is 32.9 Å². The minimum absolute atomic E-state index is 0.119. The van der Waals surface area contributed by atoms with Crippen molar-refractivity contribution < 1.29 is 22.7 Å². The number of pyridine rings is 1. The van der Waals surface area contributed by atoms with Crippen molar-refractivity contribution in [3.8, 4) is 5.82 Å². The van der Waals surface area contributed by atoms with E-state index in [0.717, 1.165) is 22.8 Å². The molecule has 0 unspecified atom stereocenters. The van der Waals surface area contributed by atoms with Crippen molar-refractivity contribution in [3.63, 3.8) is 0 Å². The molecule has 3 rings (SSSR count). The molecule has 8 heteroatoms. The Hall–Kier alpha value is -3.13. The number of nitrogens with one attached hydrogen (secondary N) is 1. The monoisotopic (exact) mass is 417 g/mol. The topological polar surface area (TPSA) is 56.1 Å². The number of hydrogen-bond acceptors (Lipinski definition) is 3. The van der Waals surface area contributed by atoms with Gasteiger partial charge in [-0.3, -0.25) is 4.79 Å². The minimum atomic E-state index is -4.34. The first-order valence-corrected chi connectivity index (χ1v) is 9.35. The molecule has 0 spiro atoms. The molecule has 1 amide bonds. The van der Waals surface area contributed by atoms with Crippen LogP contribution in [0.15, 0.2) is 54.7 Å². The first-order valence-electron chi connectivity index (χ1n) is 9.35. The van der Waals surface area contributed by atoms with Gasteiger partial charge < -0.3 is 14.6 Å². The molecule has 0 radical (unpaired) electrons. The second kappa shape index (κ2) is 9.13. The Kier molecular flexibility index (Phi) is 6.56. The number of carbonyl (C=O) groups excluding carboxylic acids is 1. The van der Waals surface area contributed by atoms with Crippen LogP contribution >= 0.6 is 0 Å². The van der Waals surface area contributed by atoms with Crippen molar-refractivity contribution in [2.45, 2.75) is 33.2 Å². The van der Waals surface area contributed by atoms with Crippen LogP contribution < -0.4 is 5.32 Å². The van der Waals surface area contributed by atoms with E-state index in [1.165, 1.54) is 0 Å². The number of benzene rings is 1. The smallest absolute Gasteiger partial charge is 0.367 e. The fourth-order valence-corrected chi connectivity index (χ4v) is 3.15. The van der Waals surface area contributed by atoms with Gasteiger partial charge in [0, 0.05) is 24.1 Å². The highest BCUT2D eigenvalue weighted by Crippen LogP contribution is 2.20. The molecule has 158 valence electrons. The third kappa shape index (κ3) is 5.48. The fraction of sp³-hybridized carbons (Fsp3) is 0.273. The number of nitrogens with zero attached hydrogens (tertiary/aromatic N) is 2. The molecule has 0 aliphatic heterocycles. The number of alkyl halides is 3. The van der Waals surface area contributed by atoms with Crippen LogP contribution in [-0.2, 0) is 17.9 Å². The second-order valence-corrected chi connectivity index (χ2v) is 6.92. The molecule has 1 aromatic carbocycles. The Labute approximate surface area is 172 Å². The number of carbonyl (C=O) groups is 1. The molecule has 30 heavy (non-hydrogen) atoms. The van der Waals surface area contributed by atoms with E-state index < -0.39 is 12.8 Å². The van der Waals surface area contributed by atoms with Gasteiger partial charge in [0.15, 0.2) is 0 Å². The number of aromatic nitrogens is 2. The van der Waals surface area contributed by atoms with Crippen LogP contribution in [0.25, 0.3) is 5.82 Å². The van der Waals surface area contributed by atoms with Gasteiger partial charge in [-0.25, -0.2) is 4.98 Å². The van der Waals surface area contributed by atoms with Crippen LogP contribution in [-0.4, -0.2) is 28.2 Å². The maximum Gasteiger partial charge on any atom is 0.411 e. The summed E-state index contributed by atoms with van der Waals surface area (Å²) in [7, 11) is 0. The van der Waals surface area contributed by atoms with Gasteiger partial charge in [-0.15, -0.1) is 0 Å². The predicted octanol–water partition coefficient (Wildman–Crippen LogP) is 4.50. The van der Waals surface area contributed by atoms with Gasteiger partial charge in [0.1, 0.15) is 12.4 Å². The summed E-state index contributed by atoms with van der Waals surface area (Å²) in [5.74, 6) is 0.540. The van der Waals surface area contributed by atoms with Crippen LogP contribution in [0, 0.1) is 13.8 Å². The summed E-state index contributed by atoms with van der Waals surface area (Å²) < 4.78 is 42.9. The Morgan fingerprint density at radius 1 is 1.10 bits per heavy atom. The molecule has 0 aliphatic carbocycles. The van der Waals surface area contributed by atoms with Gasteiger partial charge in [-0.1, -0.05) is 30.3 Å². The lowest BCUT2D eigenvalue weighted by molar-refractivity contribution is -0.176. The molecular weight excluding hydrogens is 395 g/mol. The molecule has 5 nitrogen and oxygen atoms in total. The summed E-state index contributed by atoms with van der Waals surface area (Å²) in [6.45, 7) is 2.69. The van der Waals surface area contributed by atoms with E-state index >= 15 is 0 Å². The van der Waals surface area contributed by atoms with Gasteiger partial charge in [0.2, 0.25) is 0 Å². The highest BCUT2D eigenvalue weighted by atomic mass is 19.4. The lowest BCUT2D eigenvalue weighted by atomic mass is 10.1. The molecule has 0 fully saturated rings. The van der Waals surface area contributed by atoms with E-state index in [0.29, 0.717) is 17.7 Å². The van der Waals surface area contributed by atoms with E-state index in [9.17, 15) is 18.0 Å². The second-order valence-electron chi connectivity index (χ2n) is 6.92. The standard InChI is InChI=1S/C22H22F3N3O2/c1-15-11-19(16(2)28(15)20-5-3-4-10-26-20)21(29)27-12-17-6-8-18(9-7-17)13-30-14-22(23,24)25/h3-11H,12-14H2,1-2H3,(H,27,29). The molecule has 0 bridgehead atoms. The van der Waals surface area contributed by atoms with Gasteiger partial charge in [0.05, 0.1) is 12.2 Å². The highest BCUT2D eigenvalue weighted by Gasteiger charge is 2.27. The lowest BCUT2D eigenvalue weighted by Gasteiger charge is -2.10. The number of aryl methyl sites for hydroxylation is 1. The summed E-state index contributed by atoms with van der Waals surface area (Å²) >= 11 is 0. The largest absolute Gasteiger partial charge is 0.411 e. The van der Waals surface area contributed by atoms with E-state index in [1.807, 2.05) is 42.7 Å². The van der Waals surface area contributed by atoms with Crippen molar-refractivity contribution in [2.24, 2.45) is 0 Å². The SMILES string of the molecule is Cc1cc(C(=O)NCc2ccc(COCC(F)(F)F)cc2)c(C)n1-c1ccccn1. The van der Waals surface area contributed by atoms with Crippen LogP contribution in [0.4, 0.5) is 13.2 Å². The zero-order chi connectivity index (χ0) is 21.7. The van der Waals surface area contributed by atoms with Gasteiger partial charge in [-0.05, 0) is 43.2 Å². The minimum Gasteiger partial charge on any atom is -0.367 e.